The van der Waals surface area contributed by atoms with Gasteiger partial charge in [-0.15, -0.1) is 0 Å². The third-order valence-electron chi connectivity index (χ3n) is 6.17. The van der Waals surface area contributed by atoms with Crippen LogP contribution in [0.2, 0.25) is 0 Å². The third-order valence-corrected chi connectivity index (χ3v) is 6.17. The number of aryl methyl sites for hydroxylation is 1. The van der Waals surface area contributed by atoms with E-state index < -0.39 is 0 Å². The minimum Gasteiger partial charge on any atom is -0.348 e. The quantitative estimate of drug-likeness (QED) is 0.513. The van der Waals surface area contributed by atoms with E-state index in [1.54, 1.807) is 12.1 Å². The van der Waals surface area contributed by atoms with Crippen LogP contribution < -0.4 is 10.9 Å². The number of aromatic nitrogens is 3. The molecule has 1 aliphatic rings. The average molecular weight is 445 g/mol. The summed E-state index contributed by atoms with van der Waals surface area (Å²) in [7, 11) is 1.87. The van der Waals surface area contributed by atoms with Gasteiger partial charge in [0.25, 0.3) is 11.5 Å². The molecule has 0 unspecified atom stereocenters. The van der Waals surface area contributed by atoms with Gasteiger partial charge in [-0.25, -0.2) is 4.39 Å². The SMILES string of the molecule is Cn1c2c(c(=O)n3ncc(C(=O)NCc4ccc(F)cc4)c13)CN(Cc1ccccc1)CC2. The molecule has 0 bridgehead atoms. The van der Waals surface area contributed by atoms with Crippen molar-refractivity contribution in [2.45, 2.75) is 26.1 Å². The van der Waals surface area contributed by atoms with Crippen LogP contribution in [0.1, 0.15) is 32.7 Å². The Balaban J connectivity index is 1.41. The Kier molecular flexibility index (Phi) is 5.51. The summed E-state index contributed by atoms with van der Waals surface area (Å²) in [6, 6.07) is 16.2. The number of halogens is 1. The molecule has 0 saturated carbocycles. The van der Waals surface area contributed by atoms with Gasteiger partial charge in [-0.05, 0) is 23.3 Å². The maximum absolute atomic E-state index is 13.3. The minimum absolute atomic E-state index is 0.187. The second kappa shape index (κ2) is 8.63. The lowest BCUT2D eigenvalue weighted by atomic mass is 10.1. The Morgan fingerprint density at radius 2 is 1.85 bits per heavy atom. The maximum atomic E-state index is 13.3. The van der Waals surface area contributed by atoms with Gasteiger partial charge in [-0.1, -0.05) is 42.5 Å². The van der Waals surface area contributed by atoms with Crippen molar-refractivity contribution < 1.29 is 9.18 Å². The highest BCUT2D eigenvalue weighted by Gasteiger charge is 2.26. The zero-order chi connectivity index (χ0) is 22.9. The largest absolute Gasteiger partial charge is 0.348 e. The normalized spacial score (nSPS) is 13.8. The predicted molar refractivity (Wildman–Crippen MR) is 122 cm³/mol. The highest BCUT2D eigenvalue weighted by molar-refractivity contribution is 5.99. The van der Waals surface area contributed by atoms with Crippen LogP contribution in [0.15, 0.2) is 65.6 Å². The molecule has 1 N–H and O–H groups in total. The molecule has 1 amide bonds. The fourth-order valence-corrected chi connectivity index (χ4v) is 4.46. The summed E-state index contributed by atoms with van der Waals surface area (Å²) >= 11 is 0. The number of amides is 1. The van der Waals surface area contributed by atoms with Gasteiger partial charge in [-0.3, -0.25) is 14.5 Å². The number of benzene rings is 2. The average Bonchev–Trinajstić information content (AvgIpc) is 3.28. The van der Waals surface area contributed by atoms with Crippen molar-refractivity contribution in [3.63, 3.8) is 0 Å². The van der Waals surface area contributed by atoms with E-state index in [2.05, 4.69) is 27.4 Å². The van der Waals surface area contributed by atoms with E-state index >= 15 is 0 Å². The van der Waals surface area contributed by atoms with E-state index in [-0.39, 0.29) is 23.8 Å². The lowest BCUT2D eigenvalue weighted by Crippen LogP contribution is -2.38. The Morgan fingerprint density at radius 1 is 1.09 bits per heavy atom. The van der Waals surface area contributed by atoms with Crippen molar-refractivity contribution in [1.29, 1.82) is 0 Å². The van der Waals surface area contributed by atoms with Crippen LogP contribution in [0.5, 0.6) is 0 Å². The monoisotopic (exact) mass is 445 g/mol. The van der Waals surface area contributed by atoms with E-state index in [0.29, 0.717) is 29.7 Å². The number of nitrogens with one attached hydrogen (secondary N) is 1. The molecule has 0 atom stereocenters. The molecule has 1 aliphatic heterocycles. The highest BCUT2D eigenvalue weighted by atomic mass is 19.1. The molecule has 5 rings (SSSR count). The standard InChI is InChI=1S/C25H24FN5O2/c1-29-22-11-12-30(15-18-5-3-2-4-6-18)16-21(22)25(33)31-24(29)20(14-28-31)23(32)27-13-17-7-9-19(26)10-8-17/h2-10,14H,11-13,15-16H2,1H3,(H,27,32). The molecule has 2 aromatic heterocycles. The lowest BCUT2D eigenvalue weighted by molar-refractivity contribution is 0.0952. The molecule has 8 heteroatoms. The number of rotatable bonds is 5. The van der Waals surface area contributed by atoms with Crippen LogP contribution in [-0.4, -0.2) is 31.5 Å². The summed E-state index contributed by atoms with van der Waals surface area (Å²) in [5.74, 6) is -0.652. The van der Waals surface area contributed by atoms with Crippen LogP contribution in [0.4, 0.5) is 4.39 Å². The molecule has 0 saturated heterocycles. The second-order valence-electron chi connectivity index (χ2n) is 8.34. The number of fused-ring (bicyclic) bond motifs is 2. The first-order valence-electron chi connectivity index (χ1n) is 10.9. The Labute approximate surface area is 190 Å². The molecular weight excluding hydrogens is 421 g/mol. The van der Waals surface area contributed by atoms with Crippen LogP contribution in [0, 0.1) is 5.82 Å². The molecule has 0 fully saturated rings. The molecule has 0 aliphatic carbocycles. The molecular formula is C25H24FN5O2. The second-order valence-corrected chi connectivity index (χ2v) is 8.34. The van der Waals surface area contributed by atoms with E-state index in [9.17, 15) is 14.0 Å². The number of carbonyl (C=O) groups is 1. The molecule has 2 aromatic carbocycles. The zero-order valence-corrected chi connectivity index (χ0v) is 18.3. The first kappa shape index (κ1) is 21.1. The lowest BCUT2D eigenvalue weighted by Gasteiger charge is -2.29. The topological polar surface area (TPSA) is 71.6 Å². The molecule has 168 valence electrons. The van der Waals surface area contributed by atoms with E-state index in [4.69, 9.17) is 0 Å². The summed E-state index contributed by atoms with van der Waals surface area (Å²) < 4.78 is 16.3. The van der Waals surface area contributed by atoms with E-state index in [1.807, 2.05) is 29.8 Å². The summed E-state index contributed by atoms with van der Waals surface area (Å²) in [6.07, 6.45) is 2.15. The molecule has 33 heavy (non-hydrogen) atoms. The smallest absolute Gasteiger partial charge is 0.279 e. The minimum atomic E-state index is -0.328. The van der Waals surface area contributed by atoms with Crippen LogP contribution in [-0.2, 0) is 33.1 Å². The summed E-state index contributed by atoms with van der Waals surface area (Å²) in [5.41, 5.74) is 4.27. The van der Waals surface area contributed by atoms with Gasteiger partial charge in [0.15, 0.2) is 5.65 Å². The van der Waals surface area contributed by atoms with Gasteiger partial charge in [-0.2, -0.15) is 9.61 Å². The van der Waals surface area contributed by atoms with Crippen LogP contribution in [0.3, 0.4) is 0 Å². The third kappa shape index (κ3) is 4.05. The number of hydrogen-bond donors (Lipinski definition) is 1. The van der Waals surface area contributed by atoms with Gasteiger partial charge in [0.1, 0.15) is 11.4 Å². The van der Waals surface area contributed by atoms with E-state index in [1.165, 1.54) is 28.4 Å². The number of carbonyl (C=O) groups excluding carboxylic acids is 1. The van der Waals surface area contributed by atoms with Crippen molar-refractivity contribution in [2.75, 3.05) is 6.54 Å². The van der Waals surface area contributed by atoms with Gasteiger partial charge >= 0.3 is 0 Å². The number of hydrogen-bond acceptors (Lipinski definition) is 4. The van der Waals surface area contributed by atoms with Crippen molar-refractivity contribution in [3.8, 4) is 0 Å². The fourth-order valence-electron chi connectivity index (χ4n) is 4.46. The van der Waals surface area contributed by atoms with E-state index in [0.717, 1.165) is 24.3 Å². The Morgan fingerprint density at radius 3 is 2.61 bits per heavy atom. The van der Waals surface area contributed by atoms with Crippen LogP contribution in [0.25, 0.3) is 5.65 Å². The van der Waals surface area contributed by atoms with Gasteiger partial charge in [0, 0.05) is 45.3 Å². The molecule has 0 spiro atoms. The molecule has 7 nitrogen and oxygen atoms in total. The van der Waals surface area contributed by atoms with Crippen molar-refractivity contribution in [3.05, 3.63) is 105 Å². The van der Waals surface area contributed by atoms with Gasteiger partial charge in [0.2, 0.25) is 0 Å². The van der Waals surface area contributed by atoms with Crippen molar-refractivity contribution in [2.24, 2.45) is 7.05 Å². The summed E-state index contributed by atoms with van der Waals surface area (Å²) in [6.45, 7) is 2.39. The van der Waals surface area contributed by atoms with Crippen LogP contribution >= 0.6 is 0 Å². The Bertz CT molecular complexity index is 1380. The summed E-state index contributed by atoms with van der Waals surface area (Å²) in [4.78, 5) is 28.4. The first-order chi connectivity index (χ1) is 16.0. The predicted octanol–water partition coefficient (Wildman–Crippen LogP) is 2.66. The first-order valence-corrected chi connectivity index (χ1v) is 10.9. The Hall–Kier alpha value is -3.78. The highest BCUT2D eigenvalue weighted by Crippen LogP contribution is 2.21. The molecule has 0 radical (unpaired) electrons. The van der Waals surface area contributed by atoms with Gasteiger partial charge in [0.05, 0.1) is 11.8 Å². The summed E-state index contributed by atoms with van der Waals surface area (Å²) in [5, 5.41) is 7.07. The van der Waals surface area contributed by atoms with Gasteiger partial charge < -0.3 is 9.88 Å². The fraction of sp³-hybridized carbons (Fsp3) is 0.240. The molecule has 4 aromatic rings. The van der Waals surface area contributed by atoms with Crippen molar-refractivity contribution in [1.82, 2.24) is 24.4 Å². The maximum Gasteiger partial charge on any atom is 0.279 e. The van der Waals surface area contributed by atoms with Crippen molar-refractivity contribution >= 4 is 11.6 Å². The number of nitrogens with zero attached hydrogens (tertiary/aromatic N) is 4. The molecule has 3 heterocycles. The zero-order valence-electron chi connectivity index (χ0n) is 18.3.